The number of aryl methyl sites for hydroxylation is 2. The molecule has 0 spiro atoms. The molecule has 2 aromatic rings. The first-order valence-electron chi connectivity index (χ1n) is 8.24. The number of anilines is 1. The summed E-state index contributed by atoms with van der Waals surface area (Å²) in [5, 5.41) is 5.46. The van der Waals surface area contributed by atoms with E-state index >= 15 is 0 Å². The van der Waals surface area contributed by atoms with Gasteiger partial charge in [0.05, 0.1) is 11.6 Å². The van der Waals surface area contributed by atoms with Gasteiger partial charge >= 0.3 is 0 Å². The lowest BCUT2D eigenvalue weighted by Crippen LogP contribution is -2.38. The quantitative estimate of drug-likeness (QED) is 0.866. The normalized spacial score (nSPS) is 20.5. The van der Waals surface area contributed by atoms with Crippen molar-refractivity contribution in [3.8, 4) is 0 Å². The Kier molecular flexibility index (Phi) is 4.29. The van der Waals surface area contributed by atoms with E-state index in [1.54, 1.807) is 0 Å². The third-order valence-electron chi connectivity index (χ3n) is 4.41. The third kappa shape index (κ3) is 2.79. The van der Waals surface area contributed by atoms with Gasteiger partial charge in [-0.2, -0.15) is 5.10 Å². The van der Waals surface area contributed by atoms with E-state index in [0.717, 1.165) is 61.6 Å². The van der Waals surface area contributed by atoms with Crippen LogP contribution in [-0.4, -0.2) is 57.4 Å². The number of rotatable bonds is 3. The zero-order chi connectivity index (χ0) is 15.7. The minimum Gasteiger partial charge on any atom is -0.352 e. The topological polar surface area (TPSA) is 50.1 Å². The number of nitrogens with zero attached hydrogens (tertiary/aromatic N) is 6. The Labute approximate surface area is 132 Å². The number of fused-ring (bicyclic) bond motifs is 1. The Morgan fingerprint density at radius 1 is 1.23 bits per heavy atom. The van der Waals surface area contributed by atoms with Crippen LogP contribution in [0.3, 0.4) is 0 Å². The lowest BCUT2D eigenvalue weighted by molar-refractivity contribution is 0.337. The third-order valence-corrected chi connectivity index (χ3v) is 4.41. The highest BCUT2D eigenvalue weighted by Gasteiger charge is 2.24. The number of hydrogen-bond acceptors (Lipinski definition) is 5. The van der Waals surface area contributed by atoms with Gasteiger partial charge in [0.15, 0.2) is 5.65 Å². The summed E-state index contributed by atoms with van der Waals surface area (Å²) in [5.41, 5.74) is 0.943. The van der Waals surface area contributed by atoms with Crippen molar-refractivity contribution in [3.05, 3.63) is 12.0 Å². The molecule has 120 valence electrons. The molecule has 2 aromatic heterocycles. The van der Waals surface area contributed by atoms with Crippen molar-refractivity contribution >= 4 is 16.9 Å². The van der Waals surface area contributed by atoms with E-state index in [4.69, 9.17) is 9.97 Å². The van der Waals surface area contributed by atoms with Gasteiger partial charge < -0.3 is 9.80 Å². The number of aromatic nitrogens is 4. The molecular formula is C16H26N6. The summed E-state index contributed by atoms with van der Waals surface area (Å²) in [5.74, 6) is 1.99. The van der Waals surface area contributed by atoms with Crippen molar-refractivity contribution in [2.45, 2.75) is 39.2 Å². The zero-order valence-electron chi connectivity index (χ0n) is 14.1. The highest BCUT2D eigenvalue weighted by Crippen LogP contribution is 2.27. The van der Waals surface area contributed by atoms with Crippen LogP contribution in [0.15, 0.2) is 6.20 Å². The molecule has 1 aliphatic rings. The molecule has 3 rings (SSSR count). The lowest BCUT2D eigenvalue weighted by Gasteiger charge is -2.29. The zero-order valence-corrected chi connectivity index (χ0v) is 14.1. The van der Waals surface area contributed by atoms with Crippen molar-refractivity contribution in [1.29, 1.82) is 0 Å². The van der Waals surface area contributed by atoms with E-state index in [0.29, 0.717) is 6.04 Å². The molecule has 1 unspecified atom stereocenters. The monoisotopic (exact) mass is 302 g/mol. The fourth-order valence-corrected chi connectivity index (χ4v) is 3.29. The Hall–Kier alpha value is -1.69. The fourth-order valence-electron chi connectivity index (χ4n) is 3.29. The summed E-state index contributed by atoms with van der Waals surface area (Å²) in [6.07, 6.45) is 5.04. The van der Waals surface area contributed by atoms with Gasteiger partial charge in [0, 0.05) is 32.6 Å². The van der Waals surface area contributed by atoms with Crippen molar-refractivity contribution in [2.75, 3.05) is 31.6 Å². The maximum Gasteiger partial charge on any atom is 0.163 e. The average Bonchev–Trinajstić information content (AvgIpc) is 2.75. The van der Waals surface area contributed by atoms with Crippen molar-refractivity contribution in [1.82, 2.24) is 24.6 Å². The van der Waals surface area contributed by atoms with Crippen LogP contribution < -0.4 is 4.90 Å². The van der Waals surface area contributed by atoms with E-state index in [-0.39, 0.29) is 0 Å². The molecule has 22 heavy (non-hydrogen) atoms. The van der Waals surface area contributed by atoms with Crippen LogP contribution in [0.5, 0.6) is 0 Å². The highest BCUT2D eigenvalue weighted by molar-refractivity contribution is 5.87. The second-order valence-corrected chi connectivity index (χ2v) is 6.38. The largest absolute Gasteiger partial charge is 0.352 e. The molecule has 1 atom stereocenters. The molecule has 0 bridgehead atoms. The molecule has 3 heterocycles. The van der Waals surface area contributed by atoms with Gasteiger partial charge in [0.2, 0.25) is 0 Å². The number of likely N-dealkylation sites (N-methyl/N-ethyl adjacent to an activating group) is 1. The van der Waals surface area contributed by atoms with Crippen LogP contribution in [0, 0.1) is 0 Å². The van der Waals surface area contributed by atoms with Crippen LogP contribution >= 0.6 is 0 Å². The smallest absolute Gasteiger partial charge is 0.163 e. The van der Waals surface area contributed by atoms with Gasteiger partial charge in [0.25, 0.3) is 0 Å². The van der Waals surface area contributed by atoms with E-state index in [1.165, 1.54) is 0 Å². The van der Waals surface area contributed by atoms with Crippen LogP contribution in [-0.2, 0) is 13.5 Å². The fraction of sp³-hybridized carbons (Fsp3) is 0.688. The number of hydrogen-bond donors (Lipinski definition) is 0. The SMILES string of the molecule is CCCc1nc(N2CCCN(C)CC2C)c2cnn(C)c2n1. The maximum atomic E-state index is 4.89. The van der Waals surface area contributed by atoms with Crippen LogP contribution in [0.4, 0.5) is 5.82 Å². The molecular weight excluding hydrogens is 276 g/mol. The van der Waals surface area contributed by atoms with Gasteiger partial charge in [-0.3, -0.25) is 4.68 Å². The van der Waals surface area contributed by atoms with Crippen molar-refractivity contribution in [3.63, 3.8) is 0 Å². The molecule has 0 radical (unpaired) electrons. The second-order valence-electron chi connectivity index (χ2n) is 6.38. The van der Waals surface area contributed by atoms with Crippen molar-refractivity contribution < 1.29 is 0 Å². The molecule has 1 aliphatic heterocycles. The first-order valence-corrected chi connectivity index (χ1v) is 8.24. The maximum absolute atomic E-state index is 4.89. The van der Waals surface area contributed by atoms with Crippen LogP contribution in [0.2, 0.25) is 0 Å². The van der Waals surface area contributed by atoms with Crippen LogP contribution in [0.25, 0.3) is 11.0 Å². The summed E-state index contributed by atoms with van der Waals surface area (Å²) >= 11 is 0. The van der Waals surface area contributed by atoms with Gasteiger partial charge in [-0.1, -0.05) is 6.92 Å². The predicted octanol–water partition coefficient (Wildman–Crippen LogP) is 1.85. The van der Waals surface area contributed by atoms with Gasteiger partial charge in [-0.15, -0.1) is 0 Å². The Morgan fingerprint density at radius 3 is 2.82 bits per heavy atom. The summed E-state index contributed by atoms with van der Waals surface area (Å²) < 4.78 is 1.86. The summed E-state index contributed by atoms with van der Waals surface area (Å²) in [7, 11) is 4.15. The Bertz CT molecular complexity index is 649. The Balaban J connectivity index is 2.07. The molecule has 0 amide bonds. The van der Waals surface area contributed by atoms with E-state index in [9.17, 15) is 0 Å². The summed E-state index contributed by atoms with van der Waals surface area (Å²) in [6.45, 7) is 7.70. The van der Waals surface area contributed by atoms with E-state index in [1.807, 2.05) is 17.9 Å². The molecule has 1 fully saturated rings. The van der Waals surface area contributed by atoms with Crippen molar-refractivity contribution in [2.24, 2.45) is 7.05 Å². The van der Waals surface area contributed by atoms with Gasteiger partial charge in [0.1, 0.15) is 11.6 Å². The molecule has 6 nitrogen and oxygen atoms in total. The lowest BCUT2D eigenvalue weighted by atomic mass is 10.2. The van der Waals surface area contributed by atoms with Gasteiger partial charge in [-0.05, 0) is 33.4 Å². The predicted molar refractivity (Wildman–Crippen MR) is 89.2 cm³/mol. The average molecular weight is 302 g/mol. The summed E-state index contributed by atoms with van der Waals surface area (Å²) in [6, 6.07) is 0.445. The minimum atomic E-state index is 0.445. The van der Waals surface area contributed by atoms with Gasteiger partial charge in [-0.25, -0.2) is 9.97 Å². The molecule has 0 N–H and O–H groups in total. The van der Waals surface area contributed by atoms with Crippen LogP contribution in [0.1, 0.15) is 32.5 Å². The highest BCUT2D eigenvalue weighted by atomic mass is 15.3. The first kappa shape index (κ1) is 15.2. The standard InChI is InChI=1S/C16H26N6/c1-5-7-14-18-15-13(10-17-21(15)4)16(19-14)22-9-6-8-20(3)11-12(22)2/h10,12H,5-9,11H2,1-4H3. The minimum absolute atomic E-state index is 0.445. The summed E-state index contributed by atoms with van der Waals surface area (Å²) in [4.78, 5) is 14.4. The molecule has 0 aliphatic carbocycles. The molecule has 1 saturated heterocycles. The Morgan fingerprint density at radius 2 is 2.05 bits per heavy atom. The van der Waals surface area contributed by atoms with E-state index in [2.05, 4.69) is 35.8 Å². The van der Waals surface area contributed by atoms with E-state index < -0.39 is 0 Å². The second kappa shape index (κ2) is 6.20. The molecule has 0 saturated carbocycles. The molecule has 6 heteroatoms. The first-order chi connectivity index (χ1) is 10.6. The molecule has 0 aromatic carbocycles.